The van der Waals surface area contributed by atoms with Gasteiger partial charge < -0.3 is 10.2 Å². The highest BCUT2D eigenvalue weighted by Crippen LogP contribution is 2.22. The normalized spacial score (nSPS) is 19.6. The van der Waals surface area contributed by atoms with Crippen LogP contribution in [-0.2, 0) is 23.2 Å². The lowest BCUT2D eigenvalue weighted by Gasteiger charge is -2.24. The number of aryl methyl sites for hydroxylation is 2. The Bertz CT molecular complexity index is 555. The van der Waals surface area contributed by atoms with Gasteiger partial charge in [-0.1, -0.05) is 13.3 Å². The van der Waals surface area contributed by atoms with E-state index in [-0.39, 0.29) is 11.8 Å². The molecule has 1 saturated heterocycles. The molecule has 0 spiro atoms. The highest BCUT2D eigenvalue weighted by Gasteiger charge is 2.30. The number of amides is 2. The summed E-state index contributed by atoms with van der Waals surface area (Å²) in [5.41, 5.74) is 1.85. The predicted molar refractivity (Wildman–Crippen MR) is 82.5 cm³/mol. The van der Waals surface area contributed by atoms with Gasteiger partial charge in [-0.2, -0.15) is 5.10 Å². The third-order valence-electron chi connectivity index (χ3n) is 3.73. The van der Waals surface area contributed by atoms with Crippen molar-refractivity contribution in [2.45, 2.75) is 45.7 Å². The molecular formula is C14H21BrN4O2. The van der Waals surface area contributed by atoms with Gasteiger partial charge in [-0.25, -0.2) is 0 Å². The van der Waals surface area contributed by atoms with Gasteiger partial charge >= 0.3 is 0 Å². The number of nitrogens with zero attached hydrogens (tertiary/aromatic N) is 3. The van der Waals surface area contributed by atoms with Crippen LogP contribution < -0.4 is 5.32 Å². The van der Waals surface area contributed by atoms with Crippen LogP contribution in [0.5, 0.6) is 0 Å². The summed E-state index contributed by atoms with van der Waals surface area (Å²) in [7, 11) is 1.86. The van der Waals surface area contributed by atoms with E-state index in [1.165, 1.54) is 0 Å². The van der Waals surface area contributed by atoms with Crippen LogP contribution in [0, 0.1) is 6.92 Å². The maximum absolute atomic E-state index is 12.6. The van der Waals surface area contributed by atoms with Crippen molar-refractivity contribution in [2.24, 2.45) is 7.05 Å². The van der Waals surface area contributed by atoms with Gasteiger partial charge in [-0.15, -0.1) is 0 Å². The molecule has 1 aliphatic rings. The number of aromatic nitrogens is 2. The first-order chi connectivity index (χ1) is 9.93. The molecule has 0 radical (unpaired) electrons. The number of nitrogens with one attached hydrogen (secondary N) is 1. The zero-order chi connectivity index (χ0) is 15.6. The van der Waals surface area contributed by atoms with Crippen molar-refractivity contribution < 1.29 is 9.59 Å². The van der Waals surface area contributed by atoms with Crippen LogP contribution in [0.2, 0.25) is 0 Å². The molecule has 2 rings (SSSR count). The van der Waals surface area contributed by atoms with Gasteiger partial charge in [-0.05, 0) is 29.3 Å². The quantitative estimate of drug-likeness (QED) is 0.888. The molecule has 1 N–H and O–H groups in total. The first kappa shape index (κ1) is 16.0. The average Bonchev–Trinajstić information content (AvgIpc) is 2.58. The third kappa shape index (κ3) is 3.45. The first-order valence-corrected chi connectivity index (χ1v) is 7.99. The molecule has 1 aromatic heterocycles. The monoisotopic (exact) mass is 356 g/mol. The maximum Gasteiger partial charge on any atom is 0.245 e. The molecule has 1 unspecified atom stereocenters. The van der Waals surface area contributed by atoms with Crippen LogP contribution in [0.25, 0.3) is 0 Å². The Hall–Kier alpha value is -1.37. The summed E-state index contributed by atoms with van der Waals surface area (Å²) >= 11 is 3.52. The second-order valence-corrected chi connectivity index (χ2v) is 6.18. The van der Waals surface area contributed by atoms with Crippen LogP contribution >= 0.6 is 15.9 Å². The van der Waals surface area contributed by atoms with Crippen LogP contribution in [0.4, 0.5) is 0 Å². The highest BCUT2D eigenvalue weighted by molar-refractivity contribution is 9.10. The Kier molecular flexibility index (Phi) is 5.03. The molecule has 0 bridgehead atoms. The largest absolute Gasteiger partial charge is 0.344 e. The third-order valence-corrected chi connectivity index (χ3v) is 4.76. The minimum absolute atomic E-state index is 0.00606. The van der Waals surface area contributed by atoms with Gasteiger partial charge in [0.1, 0.15) is 6.04 Å². The van der Waals surface area contributed by atoms with E-state index in [9.17, 15) is 9.59 Å². The number of rotatable bonds is 4. The zero-order valence-electron chi connectivity index (χ0n) is 12.6. The SMILES string of the molecule is CCCC1NC(=O)CCN(Cc2c(Br)c(C)nn2C)C1=O. The van der Waals surface area contributed by atoms with E-state index >= 15 is 0 Å². The van der Waals surface area contributed by atoms with Crippen LogP contribution in [0.1, 0.15) is 37.6 Å². The van der Waals surface area contributed by atoms with E-state index in [2.05, 4.69) is 26.3 Å². The van der Waals surface area contributed by atoms with Crippen molar-refractivity contribution in [3.63, 3.8) is 0 Å². The fourth-order valence-electron chi connectivity index (χ4n) is 2.57. The van der Waals surface area contributed by atoms with E-state index in [0.29, 0.717) is 25.9 Å². The molecule has 1 aliphatic heterocycles. The number of carbonyl (C=O) groups is 2. The summed E-state index contributed by atoms with van der Waals surface area (Å²) in [6.07, 6.45) is 1.88. The van der Waals surface area contributed by atoms with Gasteiger partial charge in [0.05, 0.1) is 22.4 Å². The first-order valence-electron chi connectivity index (χ1n) is 7.20. The Balaban J connectivity index is 2.21. The Morgan fingerprint density at radius 3 is 2.71 bits per heavy atom. The van der Waals surface area contributed by atoms with Crippen molar-refractivity contribution in [3.8, 4) is 0 Å². The van der Waals surface area contributed by atoms with Gasteiger partial charge in [0, 0.05) is 20.0 Å². The van der Waals surface area contributed by atoms with Gasteiger partial charge in [0.15, 0.2) is 0 Å². The molecule has 1 atom stereocenters. The van der Waals surface area contributed by atoms with Crippen molar-refractivity contribution in [2.75, 3.05) is 6.54 Å². The number of halogens is 1. The van der Waals surface area contributed by atoms with E-state index in [1.54, 1.807) is 9.58 Å². The standard InChI is InChI=1S/C14H21BrN4O2/c1-4-5-10-14(21)19(7-6-12(20)16-10)8-11-13(15)9(2)17-18(11)3/h10H,4-8H2,1-3H3,(H,16,20). The van der Waals surface area contributed by atoms with E-state index in [4.69, 9.17) is 0 Å². The lowest BCUT2D eigenvalue weighted by Crippen LogP contribution is -2.44. The lowest BCUT2D eigenvalue weighted by atomic mass is 10.1. The van der Waals surface area contributed by atoms with Crippen LogP contribution in [0.3, 0.4) is 0 Å². The summed E-state index contributed by atoms with van der Waals surface area (Å²) in [6.45, 7) is 4.84. The fraction of sp³-hybridized carbons (Fsp3) is 0.643. The van der Waals surface area contributed by atoms with E-state index in [1.807, 2.05) is 20.9 Å². The summed E-state index contributed by atoms with van der Waals surface area (Å²) < 4.78 is 2.70. The highest BCUT2D eigenvalue weighted by atomic mass is 79.9. The van der Waals surface area contributed by atoms with Crippen molar-refractivity contribution >= 4 is 27.7 Å². The summed E-state index contributed by atoms with van der Waals surface area (Å²) in [4.78, 5) is 26.1. The minimum Gasteiger partial charge on any atom is -0.344 e. The number of hydrogen-bond acceptors (Lipinski definition) is 3. The molecule has 1 fully saturated rings. The second kappa shape index (κ2) is 6.60. The smallest absolute Gasteiger partial charge is 0.245 e. The minimum atomic E-state index is -0.405. The molecule has 2 amide bonds. The molecule has 0 aliphatic carbocycles. The van der Waals surface area contributed by atoms with Crippen LogP contribution in [0.15, 0.2) is 4.47 Å². The molecule has 7 heteroatoms. The predicted octanol–water partition coefficient (Wildman–Crippen LogP) is 1.51. The number of carbonyl (C=O) groups excluding carboxylic acids is 2. The van der Waals surface area contributed by atoms with Crippen molar-refractivity contribution in [3.05, 3.63) is 15.9 Å². The molecular weight excluding hydrogens is 336 g/mol. The topological polar surface area (TPSA) is 67.2 Å². The lowest BCUT2D eigenvalue weighted by molar-refractivity contribution is -0.134. The molecule has 0 aromatic carbocycles. The summed E-state index contributed by atoms with van der Waals surface area (Å²) in [5.74, 6) is -0.0574. The Morgan fingerprint density at radius 2 is 2.14 bits per heavy atom. The molecule has 1 aromatic rings. The van der Waals surface area contributed by atoms with Crippen LogP contribution in [-0.4, -0.2) is 39.1 Å². The molecule has 0 saturated carbocycles. The van der Waals surface area contributed by atoms with Gasteiger partial charge in [-0.3, -0.25) is 14.3 Å². The van der Waals surface area contributed by atoms with Gasteiger partial charge in [0.2, 0.25) is 11.8 Å². The van der Waals surface area contributed by atoms with Crippen molar-refractivity contribution in [1.29, 1.82) is 0 Å². The van der Waals surface area contributed by atoms with Gasteiger partial charge in [0.25, 0.3) is 0 Å². The molecule has 2 heterocycles. The molecule has 21 heavy (non-hydrogen) atoms. The van der Waals surface area contributed by atoms with E-state index < -0.39 is 6.04 Å². The maximum atomic E-state index is 12.6. The molecule has 6 nitrogen and oxygen atoms in total. The van der Waals surface area contributed by atoms with Crippen molar-refractivity contribution in [1.82, 2.24) is 20.0 Å². The molecule has 116 valence electrons. The summed E-state index contributed by atoms with van der Waals surface area (Å²) in [6, 6.07) is -0.405. The summed E-state index contributed by atoms with van der Waals surface area (Å²) in [5, 5.41) is 7.16. The Morgan fingerprint density at radius 1 is 1.43 bits per heavy atom. The zero-order valence-corrected chi connectivity index (χ0v) is 14.2. The fourth-order valence-corrected chi connectivity index (χ4v) is 3.03. The Labute approximate surface area is 133 Å². The second-order valence-electron chi connectivity index (χ2n) is 5.39. The van der Waals surface area contributed by atoms with E-state index in [0.717, 1.165) is 22.3 Å². The number of hydrogen-bond donors (Lipinski definition) is 1. The average molecular weight is 357 g/mol.